The van der Waals surface area contributed by atoms with Gasteiger partial charge in [-0.2, -0.15) is 0 Å². The highest BCUT2D eigenvalue weighted by molar-refractivity contribution is 8.30. The molecule has 0 bridgehead atoms. The van der Waals surface area contributed by atoms with E-state index in [4.69, 9.17) is 5.14 Å². The summed E-state index contributed by atoms with van der Waals surface area (Å²) in [6, 6.07) is 4.79. The number of nitrogens with zero attached hydrogens (tertiary/aromatic N) is 1. The maximum Gasteiger partial charge on any atom is 0.272 e. The Kier molecular flexibility index (Phi) is 4.42. The molecule has 0 spiro atoms. The third kappa shape index (κ3) is 2.84. The van der Waals surface area contributed by atoms with Crippen LogP contribution in [0.3, 0.4) is 0 Å². The molecule has 0 radical (unpaired) electrons. The van der Waals surface area contributed by atoms with E-state index in [1.165, 1.54) is 23.6 Å². The Hall–Kier alpha value is -1.44. The van der Waals surface area contributed by atoms with Crippen molar-refractivity contribution in [3.8, 4) is 0 Å². The molecule has 2 aromatic rings. The fraction of sp³-hybridized carbons (Fsp3) is 0.231. The molecule has 7 heteroatoms. The average Bonchev–Trinajstić information content (AvgIpc) is 2.92. The molecule has 0 saturated heterocycles. The fourth-order valence-electron chi connectivity index (χ4n) is 1.89. The van der Waals surface area contributed by atoms with E-state index in [0.29, 0.717) is 15.5 Å². The van der Waals surface area contributed by atoms with Gasteiger partial charge in [0.2, 0.25) is 0 Å². The molecule has 4 nitrogen and oxygen atoms in total. The summed E-state index contributed by atoms with van der Waals surface area (Å²) in [7, 11) is -2.24. The molecule has 20 heavy (non-hydrogen) atoms. The normalized spacial score (nSPS) is 15.4. The molecular weight excluding hydrogens is 297 g/mol. The fourth-order valence-corrected chi connectivity index (χ4v) is 4.50. The van der Waals surface area contributed by atoms with Crippen LogP contribution in [0.1, 0.15) is 22.2 Å². The summed E-state index contributed by atoms with van der Waals surface area (Å²) in [4.78, 5) is 16.9. The number of aryl methyl sites for hydroxylation is 1. The number of hydrogen-bond donors (Lipinski definition) is 2. The zero-order valence-corrected chi connectivity index (χ0v) is 12.9. The molecule has 0 fully saturated rings. The van der Waals surface area contributed by atoms with E-state index in [-0.39, 0.29) is 11.7 Å². The van der Waals surface area contributed by atoms with Gasteiger partial charge in [0.1, 0.15) is 10.7 Å². The minimum absolute atomic E-state index is 0.311. The molecule has 0 aliphatic carbocycles. The Balaban J connectivity index is 2.37. The lowest BCUT2D eigenvalue weighted by atomic mass is 10.2. The first-order valence-corrected chi connectivity index (χ1v) is 8.77. The summed E-state index contributed by atoms with van der Waals surface area (Å²) in [5.41, 5.74) is 2.32. The van der Waals surface area contributed by atoms with Crippen molar-refractivity contribution in [2.24, 2.45) is 5.14 Å². The van der Waals surface area contributed by atoms with Gasteiger partial charge < -0.3 is 0 Å². The average molecular weight is 313 g/mol. The van der Waals surface area contributed by atoms with Crippen LogP contribution in [-0.2, 0) is 0 Å². The number of nitrogens with two attached hydrogens (primary N) is 1. The van der Waals surface area contributed by atoms with Gasteiger partial charge >= 0.3 is 0 Å². The molecule has 2 rings (SSSR count). The number of hydrogen-bond acceptors (Lipinski definition) is 4. The molecule has 3 N–H and O–H groups in total. The van der Waals surface area contributed by atoms with Crippen LogP contribution < -0.4 is 9.86 Å². The molecule has 1 aromatic heterocycles. The summed E-state index contributed by atoms with van der Waals surface area (Å²) >= 11 is 1.23. The zero-order chi connectivity index (χ0) is 14.8. The molecule has 1 aromatic carbocycles. The molecular formula is C13H16FN3OS2. The molecule has 0 saturated carbocycles. The van der Waals surface area contributed by atoms with Crippen LogP contribution in [-0.4, -0.2) is 16.6 Å². The smallest absolute Gasteiger partial charge is 0.272 e. The van der Waals surface area contributed by atoms with Crippen LogP contribution in [0, 0.1) is 12.7 Å². The molecule has 0 aliphatic heterocycles. The number of thiazole rings is 1. The van der Waals surface area contributed by atoms with Crippen LogP contribution in [0.15, 0.2) is 34.8 Å². The molecule has 0 aliphatic rings. The van der Waals surface area contributed by atoms with Crippen LogP contribution in [0.2, 0.25) is 0 Å². The highest BCUT2D eigenvalue weighted by atomic mass is 32.3. The third-order valence-corrected chi connectivity index (χ3v) is 6.39. The monoisotopic (exact) mass is 313 g/mol. The zero-order valence-electron chi connectivity index (χ0n) is 11.2. The first-order chi connectivity index (χ1) is 9.48. The second-order valence-corrected chi connectivity index (χ2v) is 7.93. The minimum atomic E-state index is -2.24. The number of benzene rings is 1. The lowest BCUT2D eigenvalue weighted by Gasteiger charge is -2.36. The number of carbonyl (C=O) groups is 1. The topological polar surface area (TPSA) is 68.0 Å². The van der Waals surface area contributed by atoms with Gasteiger partial charge in [-0.25, -0.2) is 4.39 Å². The lowest BCUT2D eigenvalue weighted by molar-refractivity contribution is 0.0986. The SMILES string of the molecule is CCS(N)(NC(=O)c1cncs1)c1c(C)cccc1F. The Bertz CT molecular complexity index is 598. The Labute approximate surface area is 122 Å². The van der Waals surface area contributed by atoms with Crippen molar-refractivity contribution in [3.63, 3.8) is 0 Å². The second-order valence-electron chi connectivity index (χ2n) is 4.26. The van der Waals surface area contributed by atoms with Gasteiger partial charge in [0.25, 0.3) is 5.91 Å². The first-order valence-electron chi connectivity index (χ1n) is 6.02. The quantitative estimate of drug-likeness (QED) is 0.912. The number of carbonyl (C=O) groups excluding carboxylic acids is 1. The van der Waals surface area contributed by atoms with E-state index >= 15 is 0 Å². The van der Waals surface area contributed by atoms with Gasteiger partial charge in [-0.15, -0.1) is 11.3 Å². The maximum atomic E-state index is 14.1. The minimum Gasteiger partial charge on any atom is -0.298 e. The molecule has 108 valence electrons. The van der Waals surface area contributed by atoms with Gasteiger partial charge in [0, 0.05) is 5.75 Å². The van der Waals surface area contributed by atoms with E-state index < -0.39 is 10.4 Å². The number of aromatic nitrogens is 1. The van der Waals surface area contributed by atoms with E-state index in [2.05, 4.69) is 9.71 Å². The van der Waals surface area contributed by atoms with Crippen molar-refractivity contribution in [2.75, 3.05) is 5.75 Å². The van der Waals surface area contributed by atoms with E-state index in [0.717, 1.165) is 5.56 Å². The predicted octanol–water partition coefficient (Wildman–Crippen LogP) is 2.99. The van der Waals surface area contributed by atoms with Gasteiger partial charge in [-0.1, -0.05) is 29.5 Å². The van der Waals surface area contributed by atoms with Crippen molar-refractivity contribution in [3.05, 3.63) is 46.2 Å². The van der Waals surface area contributed by atoms with E-state index in [9.17, 15) is 9.18 Å². The lowest BCUT2D eigenvalue weighted by Crippen LogP contribution is -2.35. The number of halogens is 1. The Morgan fingerprint density at radius 3 is 2.85 bits per heavy atom. The van der Waals surface area contributed by atoms with Gasteiger partial charge in [-0.05, 0) is 18.6 Å². The predicted molar refractivity (Wildman–Crippen MR) is 81.3 cm³/mol. The maximum absolute atomic E-state index is 14.1. The van der Waals surface area contributed by atoms with Crippen LogP contribution in [0.5, 0.6) is 0 Å². The largest absolute Gasteiger partial charge is 0.298 e. The van der Waals surface area contributed by atoms with Crippen LogP contribution in [0.25, 0.3) is 0 Å². The van der Waals surface area contributed by atoms with Crippen molar-refractivity contribution in [2.45, 2.75) is 18.7 Å². The van der Waals surface area contributed by atoms with E-state index in [1.807, 2.05) is 6.92 Å². The number of rotatable bonds is 4. The highest BCUT2D eigenvalue weighted by Gasteiger charge is 2.27. The molecule has 1 heterocycles. The van der Waals surface area contributed by atoms with Gasteiger partial charge in [-0.3, -0.25) is 19.6 Å². The summed E-state index contributed by atoms with van der Waals surface area (Å²) in [6.07, 6.45) is 1.48. The van der Waals surface area contributed by atoms with Gasteiger partial charge in [0.05, 0.1) is 16.6 Å². The van der Waals surface area contributed by atoms with Crippen LogP contribution in [0.4, 0.5) is 4.39 Å². The molecule has 1 unspecified atom stereocenters. The van der Waals surface area contributed by atoms with Crippen molar-refractivity contribution in [1.82, 2.24) is 9.71 Å². The Morgan fingerprint density at radius 2 is 2.30 bits per heavy atom. The summed E-state index contributed by atoms with van der Waals surface area (Å²) < 4.78 is 16.9. The van der Waals surface area contributed by atoms with Crippen LogP contribution >= 0.6 is 21.7 Å². The summed E-state index contributed by atoms with van der Waals surface area (Å²) in [5, 5.41) is 6.32. The number of amides is 1. The second kappa shape index (κ2) is 5.90. The Morgan fingerprint density at radius 1 is 1.55 bits per heavy atom. The standard InChI is InChI=1S/C13H16FN3OS2/c1-3-20(15,12-9(2)5-4-6-10(12)14)17-13(18)11-7-16-8-19-11/h4-8H,3,15H2,1-2H3,(H,17,18). The first kappa shape index (κ1) is 15.0. The summed E-state index contributed by atoms with van der Waals surface area (Å²) in [6.45, 7) is 3.63. The summed E-state index contributed by atoms with van der Waals surface area (Å²) in [5.74, 6) is -0.234. The highest BCUT2D eigenvalue weighted by Crippen LogP contribution is 2.47. The van der Waals surface area contributed by atoms with Crippen molar-refractivity contribution < 1.29 is 9.18 Å². The van der Waals surface area contributed by atoms with Gasteiger partial charge in [0.15, 0.2) is 0 Å². The third-order valence-electron chi connectivity index (χ3n) is 2.91. The van der Waals surface area contributed by atoms with Crippen molar-refractivity contribution in [1.29, 1.82) is 0 Å². The molecule has 1 atom stereocenters. The number of nitrogens with one attached hydrogen (secondary N) is 1. The molecule has 1 amide bonds. The van der Waals surface area contributed by atoms with Crippen molar-refractivity contribution >= 4 is 27.6 Å². The van der Waals surface area contributed by atoms with E-state index in [1.54, 1.807) is 24.6 Å².